The summed E-state index contributed by atoms with van der Waals surface area (Å²) in [6.07, 6.45) is 5.57. The molecule has 178 valence electrons. The highest BCUT2D eigenvalue weighted by Gasteiger charge is 2.17. The number of nitrogens with one attached hydrogen (secondary N) is 1. The number of hydrogen-bond donors (Lipinski definition) is 2. The van der Waals surface area contributed by atoms with Crippen LogP contribution >= 0.6 is 0 Å². The molecule has 2 N–H and O–H groups in total. The molecule has 5 rings (SSSR count). The highest BCUT2D eigenvalue weighted by molar-refractivity contribution is 6.03. The summed E-state index contributed by atoms with van der Waals surface area (Å²) in [5, 5.41) is 11.8. The Morgan fingerprint density at radius 1 is 0.941 bits per heavy atom. The maximum atomic E-state index is 12.5. The molecule has 7 heteroatoms. The molecule has 7 nitrogen and oxygen atoms in total. The van der Waals surface area contributed by atoms with Crippen LogP contribution in [0.3, 0.4) is 0 Å². The van der Waals surface area contributed by atoms with Crippen molar-refractivity contribution in [3.63, 3.8) is 0 Å². The molecule has 2 aromatic carbocycles. The van der Waals surface area contributed by atoms with Crippen molar-refractivity contribution >= 4 is 28.4 Å². The van der Waals surface area contributed by atoms with E-state index in [1.54, 1.807) is 6.21 Å². The van der Waals surface area contributed by atoms with Gasteiger partial charge < -0.3 is 14.9 Å². The summed E-state index contributed by atoms with van der Waals surface area (Å²) in [6.45, 7) is 7.20. The number of nitrogens with zero attached hydrogens (tertiary/aromatic N) is 4. The van der Waals surface area contributed by atoms with Gasteiger partial charge in [0.1, 0.15) is 0 Å². The van der Waals surface area contributed by atoms with Gasteiger partial charge >= 0.3 is 0 Å². The first-order valence-electron chi connectivity index (χ1n) is 12.2. The van der Waals surface area contributed by atoms with Crippen molar-refractivity contribution in [1.82, 2.24) is 14.8 Å². The number of aliphatic imine (C=N–C) groups is 1. The van der Waals surface area contributed by atoms with Crippen LogP contribution < -0.4 is 10.5 Å². The molecule has 3 heterocycles. The zero-order chi connectivity index (χ0) is 23.5. The zero-order valence-electron chi connectivity index (χ0n) is 19.8. The highest BCUT2D eigenvalue weighted by Crippen LogP contribution is 2.27. The van der Waals surface area contributed by atoms with E-state index < -0.39 is 0 Å². The molecule has 2 aliphatic rings. The number of fused-ring (bicyclic) bond motifs is 1. The van der Waals surface area contributed by atoms with Crippen molar-refractivity contribution in [2.75, 3.05) is 51.2 Å². The Balaban J connectivity index is 1.39. The molecule has 0 saturated carbocycles. The van der Waals surface area contributed by atoms with Gasteiger partial charge in [-0.2, -0.15) is 0 Å². The molecular formula is C27H33N5O2. The van der Waals surface area contributed by atoms with E-state index in [1.165, 1.54) is 37.9 Å². The average Bonchev–Trinajstić information content (AvgIpc) is 2.86. The molecule has 0 radical (unpaired) electrons. The molecule has 2 aliphatic heterocycles. The maximum Gasteiger partial charge on any atom is 0.258 e. The van der Waals surface area contributed by atoms with Gasteiger partial charge in [0, 0.05) is 55.4 Å². The number of piperazine rings is 1. The molecule has 1 aromatic heterocycles. The van der Waals surface area contributed by atoms with Crippen LogP contribution in [0.4, 0.5) is 11.4 Å². The second kappa shape index (κ2) is 9.99. The van der Waals surface area contributed by atoms with Gasteiger partial charge in [-0.25, -0.2) is 0 Å². The molecule has 2 fully saturated rings. The van der Waals surface area contributed by atoms with Crippen molar-refractivity contribution in [3.05, 3.63) is 63.9 Å². The molecule has 0 amide bonds. The van der Waals surface area contributed by atoms with E-state index in [2.05, 4.69) is 43.9 Å². The Morgan fingerprint density at radius 3 is 2.41 bits per heavy atom. The number of likely N-dealkylation sites (tertiary alicyclic amines) is 1. The van der Waals surface area contributed by atoms with Crippen LogP contribution in [0.2, 0.25) is 0 Å². The first-order chi connectivity index (χ1) is 16.6. The third-order valence-corrected chi connectivity index (χ3v) is 7.03. The third-order valence-electron chi connectivity index (χ3n) is 7.03. The van der Waals surface area contributed by atoms with E-state index >= 15 is 0 Å². The number of H-pyrrole nitrogens is 1. The third kappa shape index (κ3) is 5.00. The Morgan fingerprint density at radius 2 is 1.68 bits per heavy atom. The van der Waals surface area contributed by atoms with Gasteiger partial charge in [-0.15, -0.1) is 0 Å². The minimum atomic E-state index is -0.295. The Kier molecular flexibility index (Phi) is 6.65. The SMILES string of the molecule is CN1CCN(c2ccc3c(=O)[nH]c(O)c(C=Nc4ccc(CN5CCCCC5)cc4)c3c2)CC1. The molecule has 0 atom stereocenters. The van der Waals surface area contributed by atoms with E-state index in [9.17, 15) is 9.90 Å². The molecule has 0 bridgehead atoms. The van der Waals surface area contributed by atoms with E-state index in [-0.39, 0.29) is 11.4 Å². The lowest BCUT2D eigenvalue weighted by Crippen LogP contribution is -2.44. The molecular weight excluding hydrogens is 426 g/mol. The fourth-order valence-electron chi connectivity index (χ4n) is 4.92. The lowest BCUT2D eigenvalue weighted by Gasteiger charge is -2.34. The first-order valence-corrected chi connectivity index (χ1v) is 12.2. The van der Waals surface area contributed by atoms with Crippen molar-refractivity contribution in [2.45, 2.75) is 25.8 Å². The van der Waals surface area contributed by atoms with E-state index in [0.717, 1.165) is 44.1 Å². The number of rotatable bonds is 5. The minimum Gasteiger partial charge on any atom is -0.494 e. The predicted octanol–water partition coefficient (Wildman–Crippen LogP) is 3.72. The van der Waals surface area contributed by atoms with Crippen molar-refractivity contribution in [1.29, 1.82) is 0 Å². The summed E-state index contributed by atoms with van der Waals surface area (Å²) >= 11 is 0. The minimum absolute atomic E-state index is 0.154. The second-order valence-corrected chi connectivity index (χ2v) is 9.50. The number of piperidine rings is 1. The lowest BCUT2D eigenvalue weighted by molar-refractivity contribution is 0.221. The van der Waals surface area contributed by atoms with Gasteiger partial charge in [-0.1, -0.05) is 18.6 Å². The highest BCUT2D eigenvalue weighted by atomic mass is 16.3. The summed E-state index contributed by atoms with van der Waals surface area (Å²) in [7, 11) is 2.13. The molecule has 0 spiro atoms. The van der Waals surface area contributed by atoms with Crippen LogP contribution in [0, 0.1) is 0 Å². The van der Waals surface area contributed by atoms with Crippen molar-refractivity contribution in [3.8, 4) is 5.88 Å². The molecule has 0 aliphatic carbocycles. The van der Waals surface area contributed by atoms with Crippen LogP contribution in [0.15, 0.2) is 52.3 Å². The Labute approximate surface area is 200 Å². The quantitative estimate of drug-likeness (QED) is 0.569. The van der Waals surface area contributed by atoms with Crippen LogP contribution in [0.1, 0.15) is 30.4 Å². The van der Waals surface area contributed by atoms with Gasteiger partial charge in [0.15, 0.2) is 0 Å². The maximum absolute atomic E-state index is 12.5. The summed E-state index contributed by atoms with van der Waals surface area (Å²) in [5.41, 5.74) is 3.40. The van der Waals surface area contributed by atoms with E-state index in [4.69, 9.17) is 0 Å². The number of aromatic amines is 1. The number of anilines is 1. The van der Waals surface area contributed by atoms with E-state index in [1.807, 2.05) is 30.3 Å². The van der Waals surface area contributed by atoms with Gasteiger partial charge in [0.25, 0.3) is 5.56 Å². The van der Waals surface area contributed by atoms with Crippen molar-refractivity contribution < 1.29 is 5.11 Å². The molecule has 2 saturated heterocycles. The fraction of sp³-hybridized carbons (Fsp3) is 0.407. The van der Waals surface area contributed by atoms with Gasteiger partial charge in [0.05, 0.1) is 11.3 Å². The average molecular weight is 460 g/mol. The summed E-state index contributed by atoms with van der Waals surface area (Å²) < 4.78 is 0. The van der Waals surface area contributed by atoms with Gasteiger partial charge in [0.2, 0.25) is 5.88 Å². The first kappa shape index (κ1) is 22.6. The second-order valence-electron chi connectivity index (χ2n) is 9.50. The number of hydrogen-bond acceptors (Lipinski definition) is 6. The summed E-state index contributed by atoms with van der Waals surface area (Å²) in [5.74, 6) is -0.154. The van der Waals surface area contributed by atoms with Crippen LogP contribution in [0.25, 0.3) is 10.8 Å². The Bertz CT molecular complexity index is 1220. The topological polar surface area (TPSA) is 75.2 Å². The molecule has 34 heavy (non-hydrogen) atoms. The van der Waals surface area contributed by atoms with Gasteiger partial charge in [-0.3, -0.25) is 19.7 Å². The van der Waals surface area contributed by atoms with E-state index in [0.29, 0.717) is 16.3 Å². The normalized spacial score (nSPS) is 18.2. The predicted molar refractivity (Wildman–Crippen MR) is 139 cm³/mol. The van der Waals surface area contributed by atoms with Crippen LogP contribution in [-0.4, -0.2) is 72.4 Å². The molecule has 0 unspecified atom stereocenters. The summed E-state index contributed by atoms with van der Waals surface area (Å²) in [6, 6.07) is 14.1. The zero-order valence-corrected chi connectivity index (χ0v) is 19.8. The lowest BCUT2D eigenvalue weighted by atomic mass is 10.1. The number of likely N-dealkylation sites (N-methyl/N-ethyl adjacent to an activating group) is 1. The van der Waals surface area contributed by atoms with Crippen LogP contribution in [0.5, 0.6) is 5.88 Å². The summed E-state index contributed by atoms with van der Waals surface area (Å²) in [4.78, 5) is 26.8. The van der Waals surface area contributed by atoms with Crippen LogP contribution in [-0.2, 0) is 6.54 Å². The largest absolute Gasteiger partial charge is 0.494 e. The standard InChI is InChI=1S/C27H33N5O2/c1-30-13-15-32(16-14-30)22-9-10-23-24(17-22)25(27(34)29-26(23)33)18-28-21-7-5-20(6-8-21)19-31-11-3-2-4-12-31/h5-10,17-18H,2-4,11-16,19H2,1H3,(H2,29,33,34). The van der Waals surface area contributed by atoms with Crippen molar-refractivity contribution in [2.24, 2.45) is 4.99 Å². The van der Waals surface area contributed by atoms with Gasteiger partial charge in [-0.05, 0) is 68.9 Å². The number of aromatic hydroxyl groups is 1. The Hall–Kier alpha value is -3.16. The molecule has 3 aromatic rings. The smallest absolute Gasteiger partial charge is 0.258 e. The fourth-order valence-corrected chi connectivity index (χ4v) is 4.92. The monoisotopic (exact) mass is 459 g/mol. The number of benzene rings is 2. The number of pyridine rings is 1. The number of aromatic nitrogens is 1.